The lowest BCUT2D eigenvalue weighted by atomic mass is 9.49. The number of piperazine rings is 1. The van der Waals surface area contributed by atoms with E-state index in [2.05, 4.69) is 16.8 Å². The number of nitrogens with zero attached hydrogens (tertiary/aromatic N) is 2. The molecule has 4 aliphatic carbocycles. The number of carbonyl (C=O) groups excluding carboxylic acids is 3. The number of hydrogen-bond donors (Lipinski definition) is 1. The molecule has 3 amide bonds. The van der Waals surface area contributed by atoms with Gasteiger partial charge in [-0.3, -0.25) is 14.4 Å². The van der Waals surface area contributed by atoms with Crippen molar-refractivity contribution in [3.05, 3.63) is 12.7 Å². The van der Waals surface area contributed by atoms with Gasteiger partial charge in [-0.15, -0.1) is 0 Å². The van der Waals surface area contributed by atoms with E-state index < -0.39 is 0 Å². The molecule has 5 fully saturated rings. The summed E-state index contributed by atoms with van der Waals surface area (Å²) < 4.78 is 0. The number of carbonyl (C=O) groups is 3. The third-order valence-corrected chi connectivity index (χ3v) is 7.96. The fraction of sp³-hybridized carbons (Fsp3) is 0.792. The van der Waals surface area contributed by atoms with Crippen molar-refractivity contribution in [3.8, 4) is 0 Å². The maximum Gasteiger partial charge on any atom is 0.243 e. The number of nitrogens with one attached hydrogen (secondary N) is 1. The molecule has 0 aromatic heterocycles. The van der Waals surface area contributed by atoms with Crippen LogP contribution in [0.15, 0.2) is 12.7 Å². The third kappa shape index (κ3) is 4.57. The highest BCUT2D eigenvalue weighted by molar-refractivity contribution is 5.86. The van der Waals surface area contributed by atoms with Gasteiger partial charge in [0.05, 0.1) is 5.41 Å². The van der Waals surface area contributed by atoms with E-state index in [9.17, 15) is 14.4 Å². The first-order chi connectivity index (χ1) is 14.5. The zero-order valence-electron chi connectivity index (χ0n) is 18.2. The van der Waals surface area contributed by atoms with E-state index in [1.54, 1.807) is 0 Å². The van der Waals surface area contributed by atoms with E-state index >= 15 is 0 Å². The van der Waals surface area contributed by atoms with E-state index in [1.807, 2.05) is 4.90 Å². The van der Waals surface area contributed by atoms with Gasteiger partial charge in [0.25, 0.3) is 0 Å². The van der Waals surface area contributed by atoms with Crippen molar-refractivity contribution in [3.63, 3.8) is 0 Å². The Balaban J connectivity index is 1.17. The van der Waals surface area contributed by atoms with Crippen molar-refractivity contribution in [2.45, 2.75) is 64.2 Å². The molecule has 0 aromatic carbocycles. The summed E-state index contributed by atoms with van der Waals surface area (Å²) in [4.78, 5) is 41.1. The van der Waals surface area contributed by atoms with Gasteiger partial charge in [0.2, 0.25) is 17.7 Å². The number of hydrogen-bond acceptors (Lipinski definition) is 3. The topological polar surface area (TPSA) is 69.7 Å². The maximum absolute atomic E-state index is 13.5. The zero-order chi connectivity index (χ0) is 21.1. The van der Waals surface area contributed by atoms with Crippen LogP contribution < -0.4 is 5.32 Å². The van der Waals surface area contributed by atoms with Crippen LogP contribution in [0.5, 0.6) is 0 Å². The monoisotopic (exact) mass is 415 g/mol. The van der Waals surface area contributed by atoms with Gasteiger partial charge in [-0.25, -0.2) is 0 Å². The minimum Gasteiger partial charge on any atom is -0.353 e. The van der Waals surface area contributed by atoms with Crippen LogP contribution in [0.4, 0.5) is 0 Å². The Morgan fingerprint density at radius 3 is 2.00 bits per heavy atom. The van der Waals surface area contributed by atoms with Crippen molar-refractivity contribution >= 4 is 17.7 Å². The third-order valence-electron chi connectivity index (χ3n) is 7.96. The molecule has 6 heteroatoms. The molecule has 5 rings (SSSR count). The smallest absolute Gasteiger partial charge is 0.243 e. The first-order valence-electron chi connectivity index (χ1n) is 12.0. The Morgan fingerprint density at radius 1 is 0.867 bits per heavy atom. The predicted molar refractivity (Wildman–Crippen MR) is 115 cm³/mol. The van der Waals surface area contributed by atoms with E-state index in [1.165, 1.54) is 25.3 Å². The van der Waals surface area contributed by atoms with Gasteiger partial charge in [-0.05, 0) is 75.2 Å². The molecule has 5 aliphatic rings. The highest BCUT2D eigenvalue weighted by atomic mass is 16.2. The Hall–Kier alpha value is -1.85. The lowest BCUT2D eigenvalue weighted by Gasteiger charge is -2.57. The molecule has 30 heavy (non-hydrogen) atoms. The lowest BCUT2D eigenvalue weighted by Crippen LogP contribution is -2.58. The van der Waals surface area contributed by atoms with Crippen LogP contribution in [-0.4, -0.2) is 60.2 Å². The Labute approximate surface area is 180 Å². The first kappa shape index (κ1) is 21.4. The van der Waals surface area contributed by atoms with Crippen molar-refractivity contribution in [1.82, 2.24) is 15.1 Å². The molecule has 0 radical (unpaired) electrons. The van der Waals surface area contributed by atoms with Crippen LogP contribution in [0.25, 0.3) is 0 Å². The summed E-state index contributed by atoms with van der Waals surface area (Å²) in [6, 6.07) is 0. The van der Waals surface area contributed by atoms with Gasteiger partial charge in [-0.2, -0.15) is 0 Å². The van der Waals surface area contributed by atoms with Gasteiger partial charge in [-0.1, -0.05) is 13.0 Å². The quantitative estimate of drug-likeness (QED) is 0.490. The molecule has 4 saturated carbocycles. The largest absolute Gasteiger partial charge is 0.353 e. The molecule has 6 nitrogen and oxygen atoms in total. The Bertz CT molecular complexity index is 646. The van der Waals surface area contributed by atoms with Crippen LogP contribution in [0.2, 0.25) is 0 Å². The molecule has 1 heterocycles. The summed E-state index contributed by atoms with van der Waals surface area (Å²) in [5, 5.41) is 2.76. The second kappa shape index (κ2) is 9.11. The summed E-state index contributed by atoms with van der Waals surface area (Å²) in [6.07, 6.45) is 11.9. The fourth-order valence-electron chi connectivity index (χ4n) is 6.89. The Morgan fingerprint density at radius 2 is 1.43 bits per heavy atom. The molecule has 1 aliphatic heterocycles. The van der Waals surface area contributed by atoms with E-state index in [0.717, 1.165) is 56.3 Å². The molecular formula is C24H37N3O3. The molecular weight excluding hydrogens is 378 g/mol. The van der Waals surface area contributed by atoms with E-state index in [-0.39, 0.29) is 17.2 Å². The standard InChI is InChI=1S/C24H37N3O3/c1-2-21(28)25-7-5-3-4-6-22(29)26-8-10-27(11-9-26)23(30)24-15-18-12-19(16-24)14-20(13-18)17-24/h2,18-20H,1,3-17H2,(H,25,28). The fourth-order valence-corrected chi connectivity index (χ4v) is 6.89. The second-order valence-electron chi connectivity index (χ2n) is 10.2. The summed E-state index contributed by atoms with van der Waals surface area (Å²) in [5.74, 6) is 2.81. The second-order valence-corrected chi connectivity index (χ2v) is 10.2. The molecule has 166 valence electrons. The average molecular weight is 416 g/mol. The molecule has 0 spiro atoms. The van der Waals surface area contributed by atoms with Crippen LogP contribution in [-0.2, 0) is 14.4 Å². The van der Waals surface area contributed by atoms with Crippen molar-refractivity contribution < 1.29 is 14.4 Å². The number of amides is 3. The summed E-state index contributed by atoms with van der Waals surface area (Å²) in [7, 11) is 0. The highest BCUT2D eigenvalue weighted by Crippen LogP contribution is 2.60. The first-order valence-corrected chi connectivity index (χ1v) is 12.0. The van der Waals surface area contributed by atoms with Crippen LogP contribution >= 0.6 is 0 Å². The van der Waals surface area contributed by atoms with Gasteiger partial charge < -0.3 is 15.1 Å². The van der Waals surface area contributed by atoms with Crippen LogP contribution in [0, 0.1) is 23.2 Å². The summed E-state index contributed by atoms with van der Waals surface area (Å²) in [6.45, 7) is 6.79. The zero-order valence-corrected chi connectivity index (χ0v) is 18.2. The molecule has 0 atom stereocenters. The van der Waals surface area contributed by atoms with Crippen LogP contribution in [0.3, 0.4) is 0 Å². The van der Waals surface area contributed by atoms with Crippen LogP contribution in [0.1, 0.15) is 64.2 Å². The number of unbranched alkanes of at least 4 members (excludes halogenated alkanes) is 2. The Kier molecular flexibility index (Phi) is 6.49. The van der Waals surface area contributed by atoms with Gasteiger partial charge in [0, 0.05) is 39.1 Å². The molecule has 0 unspecified atom stereocenters. The SMILES string of the molecule is C=CC(=O)NCCCCCC(=O)N1CCN(C(=O)C23CC4CC(CC(C4)C2)C3)CC1. The molecule has 1 saturated heterocycles. The predicted octanol–water partition coefficient (Wildman–Crippen LogP) is 2.74. The number of rotatable bonds is 8. The normalized spacial score (nSPS) is 32.2. The van der Waals surface area contributed by atoms with E-state index in [4.69, 9.17) is 0 Å². The van der Waals surface area contributed by atoms with Crippen molar-refractivity contribution in [1.29, 1.82) is 0 Å². The summed E-state index contributed by atoms with van der Waals surface area (Å²) >= 11 is 0. The average Bonchev–Trinajstić information content (AvgIpc) is 2.74. The molecule has 0 aromatic rings. The van der Waals surface area contributed by atoms with Gasteiger partial charge >= 0.3 is 0 Å². The molecule has 4 bridgehead atoms. The van der Waals surface area contributed by atoms with Gasteiger partial charge in [0.15, 0.2) is 0 Å². The minimum absolute atomic E-state index is 0.0675. The lowest BCUT2D eigenvalue weighted by molar-refractivity contribution is -0.160. The van der Waals surface area contributed by atoms with Crippen molar-refractivity contribution in [2.24, 2.45) is 23.2 Å². The van der Waals surface area contributed by atoms with E-state index in [0.29, 0.717) is 45.1 Å². The molecule has 1 N–H and O–H groups in total. The van der Waals surface area contributed by atoms with Gasteiger partial charge in [0.1, 0.15) is 0 Å². The highest BCUT2D eigenvalue weighted by Gasteiger charge is 2.55. The maximum atomic E-state index is 13.5. The minimum atomic E-state index is -0.146. The summed E-state index contributed by atoms with van der Waals surface area (Å²) in [5.41, 5.74) is -0.0675. The van der Waals surface area contributed by atoms with Crippen molar-refractivity contribution in [2.75, 3.05) is 32.7 Å².